The molecule has 1 N–H and O–H groups in total. The number of ether oxygens (including phenoxy) is 2. The number of aromatic nitrogens is 2. The smallest absolute Gasteiger partial charge is 0.410 e. The van der Waals surface area contributed by atoms with E-state index in [2.05, 4.69) is 27.2 Å². The van der Waals surface area contributed by atoms with Gasteiger partial charge in [0.2, 0.25) is 5.91 Å². The third-order valence-corrected chi connectivity index (χ3v) is 6.63. The maximum Gasteiger partial charge on any atom is 0.410 e. The van der Waals surface area contributed by atoms with E-state index in [1.165, 1.54) is 6.20 Å². The number of carbonyl (C=O) groups is 2. The third kappa shape index (κ3) is 7.91. The molecule has 38 heavy (non-hydrogen) atoms. The number of likely N-dealkylation sites (N-methyl/N-ethyl adjacent to an activating group) is 1. The van der Waals surface area contributed by atoms with Crippen LogP contribution in [0.4, 0.5) is 10.6 Å². The Morgan fingerprint density at radius 3 is 2.66 bits per heavy atom. The molecule has 0 aromatic carbocycles. The number of likely N-dealkylation sites (tertiary alicyclic amines) is 1. The number of pyridine rings is 2. The number of anilines is 1. The Labute approximate surface area is 229 Å². The van der Waals surface area contributed by atoms with Crippen LogP contribution in [0.2, 0.25) is 5.02 Å². The van der Waals surface area contributed by atoms with E-state index in [0.717, 1.165) is 42.8 Å². The van der Waals surface area contributed by atoms with Gasteiger partial charge in [0.25, 0.3) is 0 Å². The van der Waals surface area contributed by atoms with Crippen LogP contribution in [-0.4, -0.2) is 76.7 Å². The van der Waals surface area contributed by atoms with Crippen molar-refractivity contribution in [3.63, 3.8) is 0 Å². The van der Waals surface area contributed by atoms with E-state index in [0.29, 0.717) is 36.1 Å². The van der Waals surface area contributed by atoms with Crippen molar-refractivity contribution in [1.82, 2.24) is 19.8 Å². The Bertz CT molecular complexity index is 1180. The first-order valence-electron chi connectivity index (χ1n) is 13.0. The van der Waals surface area contributed by atoms with Gasteiger partial charge in [-0.25, -0.2) is 9.78 Å². The summed E-state index contributed by atoms with van der Waals surface area (Å²) < 4.78 is 11.5. The maximum absolute atomic E-state index is 12.7. The number of nitrogens with zero attached hydrogens (tertiary/aromatic N) is 4. The first kappa shape index (κ1) is 27.9. The van der Waals surface area contributed by atoms with Crippen LogP contribution in [0, 0.1) is 0 Å². The molecule has 4 rings (SSSR count). The summed E-state index contributed by atoms with van der Waals surface area (Å²) in [5, 5.41) is 3.24. The zero-order valence-electron chi connectivity index (χ0n) is 22.5. The van der Waals surface area contributed by atoms with E-state index in [4.69, 9.17) is 21.1 Å². The molecule has 9 nitrogen and oxygen atoms in total. The van der Waals surface area contributed by atoms with Crippen LogP contribution >= 0.6 is 11.6 Å². The number of nitrogens with one attached hydrogen (secondary N) is 1. The molecule has 2 aliphatic rings. The first-order chi connectivity index (χ1) is 18.1. The van der Waals surface area contributed by atoms with Gasteiger partial charge in [-0.2, -0.15) is 0 Å². The predicted octanol–water partition coefficient (Wildman–Crippen LogP) is 4.81. The standard InChI is InChI=1S/C28H36ClN5O4/c1-28(2,3)38-27(36)34-12-9-20(10-13-34)23-8-7-19(16-30-23)14-26(35)32-25-15-24(22(29)17-31-25)37-21-6-5-11-33(4)18-21/h7-9,15-17,21H,5-6,10-14,18H2,1-4H3,(H,31,32,35)/t21-/m1/s1. The van der Waals surface area contributed by atoms with Gasteiger partial charge >= 0.3 is 6.09 Å². The molecule has 0 aliphatic carbocycles. The zero-order valence-corrected chi connectivity index (χ0v) is 23.3. The monoisotopic (exact) mass is 541 g/mol. The van der Waals surface area contributed by atoms with E-state index in [1.54, 1.807) is 17.2 Å². The van der Waals surface area contributed by atoms with Crippen LogP contribution in [0.1, 0.15) is 51.3 Å². The summed E-state index contributed by atoms with van der Waals surface area (Å²) in [7, 11) is 2.07. The molecule has 2 amide bonds. The molecule has 204 valence electrons. The molecule has 1 fully saturated rings. The van der Waals surface area contributed by atoms with Crippen LogP contribution in [0.25, 0.3) is 5.57 Å². The van der Waals surface area contributed by atoms with Crippen molar-refractivity contribution in [3.05, 3.63) is 52.9 Å². The molecule has 1 atom stereocenters. The quantitative estimate of drug-likeness (QED) is 0.560. The fourth-order valence-electron chi connectivity index (χ4n) is 4.46. The van der Waals surface area contributed by atoms with Crippen molar-refractivity contribution in [2.24, 2.45) is 0 Å². The Morgan fingerprint density at radius 2 is 2.00 bits per heavy atom. The highest BCUT2D eigenvalue weighted by molar-refractivity contribution is 6.32. The lowest BCUT2D eigenvalue weighted by atomic mass is 10.0. The molecule has 1 saturated heterocycles. The fourth-order valence-corrected chi connectivity index (χ4v) is 4.61. The molecule has 0 radical (unpaired) electrons. The van der Waals surface area contributed by atoms with E-state index < -0.39 is 5.60 Å². The number of rotatable bonds is 6. The van der Waals surface area contributed by atoms with Crippen LogP contribution in [0.3, 0.4) is 0 Å². The normalized spacial score (nSPS) is 18.5. The topological polar surface area (TPSA) is 96.9 Å². The maximum atomic E-state index is 12.7. The average Bonchev–Trinajstić information content (AvgIpc) is 2.86. The van der Waals surface area contributed by atoms with Gasteiger partial charge in [0.1, 0.15) is 28.3 Å². The van der Waals surface area contributed by atoms with Gasteiger partial charge in [-0.05, 0) is 70.8 Å². The van der Waals surface area contributed by atoms with Gasteiger partial charge in [0, 0.05) is 31.9 Å². The molecule has 2 aliphatic heterocycles. The second-order valence-electron chi connectivity index (χ2n) is 10.8. The third-order valence-electron chi connectivity index (χ3n) is 6.34. The highest BCUT2D eigenvalue weighted by Gasteiger charge is 2.24. The minimum atomic E-state index is -0.517. The summed E-state index contributed by atoms with van der Waals surface area (Å²) in [6.45, 7) is 8.52. The molecule has 2 aromatic heterocycles. The number of amides is 2. The summed E-state index contributed by atoms with van der Waals surface area (Å²) >= 11 is 6.29. The van der Waals surface area contributed by atoms with E-state index in [1.807, 2.05) is 39.0 Å². The van der Waals surface area contributed by atoms with E-state index in [-0.39, 0.29) is 24.5 Å². The SMILES string of the molecule is CN1CCC[C@@H](Oc2cc(NC(=O)Cc3ccc(C4=CCN(C(=O)OC(C)(C)C)CC4)nc3)ncc2Cl)C1. The number of piperidine rings is 1. The highest BCUT2D eigenvalue weighted by Crippen LogP contribution is 2.29. The largest absolute Gasteiger partial charge is 0.487 e. The van der Waals surface area contributed by atoms with Gasteiger partial charge in [-0.3, -0.25) is 9.78 Å². The van der Waals surface area contributed by atoms with E-state index in [9.17, 15) is 9.59 Å². The van der Waals surface area contributed by atoms with Gasteiger partial charge in [-0.15, -0.1) is 0 Å². The Balaban J connectivity index is 1.30. The van der Waals surface area contributed by atoms with Crippen LogP contribution < -0.4 is 10.1 Å². The molecule has 0 bridgehead atoms. The van der Waals surface area contributed by atoms with Crippen LogP contribution in [0.5, 0.6) is 5.75 Å². The molecule has 4 heterocycles. The predicted molar refractivity (Wildman–Crippen MR) is 147 cm³/mol. The van der Waals surface area contributed by atoms with Gasteiger partial charge in [0.15, 0.2) is 0 Å². The van der Waals surface area contributed by atoms with Gasteiger partial charge < -0.3 is 24.6 Å². The molecule has 10 heteroatoms. The van der Waals surface area contributed by atoms with Gasteiger partial charge in [0.05, 0.1) is 18.3 Å². The lowest BCUT2D eigenvalue weighted by Crippen LogP contribution is -2.39. The number of carbonyl (C=O) groups excluding carboxylic acids is 2. The Hall–Kier alpha value is -3.17. The van der Waals surface area contributed by atoms with Gasteiger partial charge in [-0.1, -0.05) is 23.7 Å². The molecule has 0 unspecified atom stereocenters. The summed E-state index contributed by atoms with van der Waals surface area (Å²) in [5.41, 5.74) is 2.18. The van der Waals surface area contributed by atoms with Crippen molar-refractivity contribution in [1.29, 1.82) is 0 Å². The number of halogens is 1. The van der Waals surface area contributed by atoms with Crippen LogP contribution in [0.15, 0.2) is 36.7 Å². The highest BCUT2D eigenvalue weighted by atomic mass is 35.5. The van der Waals surface area contributed by atoms with Crippen LogP contribution in [-0.2, 0) is 16.0 Å². The van der Waals surface area contributed by atoms with Crippen molar-refractivity contribution in [2.75, 3.05) is 38.5 Å². The second kappa shape index (κ2) is 12.1. The van der Waals surface area contributed by atoms with Crippen molar-refractivity contribution < 1.29 is 19.1 Å². The number of hydrogen-bond donors (Lipinski definition) is 1. The summed E-state index contributed by atoms with van der Waals surface area (Å²) in [6.07, 6.45) is 7.84. The fraction of sp³-hybridized carbons (Fsp3) is 0.500. The minimum absolute atomic E-state index is 0.0569. The zero-order chi connectivity index (χ0) is 27.3. The van der Waals surface area contributed by atoms with Crippen molar-refractivity contribution in [2.45, 2.75) is 58.2 Å². The molecule has 0 spiro atoms. The molecular weight excluding hydrogens is 506 g/mol. The minimum Gasteiger partial charge on any atom is -0.487 e. The first-order valence-corrected chi connectivity index (χ1v) is 13.4. The molecule has 2 aromatic rings. The van der Waals surface area contributed by atoms with Crippen molar-refractivity contribution >= 4 is 35.0 Å². The van der Waals surface area contributed by atoms with Crippen molar-refractivity contribution in [3.8, 4) is 5.75 Å². The molecular formula is C28H36ClN5O4. The lowest BCUT2D eigenvalue weighted by Gasteiger charge is -2.30. The molecule has 0 saturated carbocycles. The Kier molecular flexibility index (Phi) is 8.89. The summed E-state index contributed by atoms with van der Waals surface area (Å²) in [4.78, 5) is 37.6. The Morgan fingerprint density at radius 1 is 1.18 bits per heavy atom. The average molecular weight is 542 g/mol. The van der Waals surface area contributed by atoms with E-state index >= 15 is 0 Å². The summed E-state index contributed by atoms with van der Waals surface area (Å²) in [5.74, 6) is 0.710. The summed E-state index contributed by atoms with van der Waals surface area (Å²) in [6, 6.07) is 5.48. The lowest BCUT2D eigenvalue weighted by molar-refractivity contribution is -0.115. The second-order valence-corrected chi connectivity index (χ2v) is 11.2. The number of hydrogen-bond acceptors (Lipinski definition) is 7.